The highest BCUT2D eigenvalue weighted by molar-refractivity contribution is 5.81. The summed E-state index contributed by atoms with van der Waals surface area (Å²) in [4.78, 5) is 14.7. The fraction of sp³-hybridized carbons (Fsp3) is 0.933. The lowest BCUT2D eigenvalue weighted by Crippen LogP contribution is -2.58. The van der Waals surface area contributed by atoms with Crippen molar-refractivity contribution >= 4 is 5.97 Å². The second kappa shape index (κ2) is 6.87. The molecule has 0 spiro atoms. The minimum Gasteiger partial charge on any atom is -0.468 e. The molecule has 5 heteroatoms. The molecule has 0 aromatic heterocycles. The summed E-state index contributed by atoms with van der Waals surface area (Å²) in [5.41, 5.74) is -0.489. The molecule has 1 heterocycles. The van der Waals surface area contributed by atoms with E-state index in [0.29, 0.717) is 12.1 Å². The third kappa shape index (κ3) is 3.15. The summed E-state index contributed by atoms with van der Waals surface area (Å²) in [6.07, 6.45) is 5.42. The molecule has 1 saturated carbocycles. The number of rotatable bonds is 5. The average Bonchev–Trinajstić information content (AvgIpc) is 2.96. The molecule has 1 saturated heterocycles. The third-order valence-electron chi connectivity index (χ3n) is 4.84. The van der Waals surface area contributed by atoms with Gasteiger partial charge in [0.05, 0.1) is 13.2 Å². The van der Waals surface area contributed by atoms with Gasteiger partial charge in [0, 0.05) is 26.2 Å². The number of methoxy groups -OCH3 is 2. The quantitative estimate of drug-likeness (QED) is 0.768. The molecule has 116 valence electrons. The first-order chi connectivity index (χ1) is 9.65. The Kier molecular flexibility index (Phi) is 5.41. The van der Waals surface area contributed by atoms with Crippen molar-refractivity contribution in [1.29, 1.82) is 0 Å². The van der Waals surface area contributed by atoms with Crippen LogP contribution in [0.5, 0.6) is 0 Å². The summed E-state index contributed by atoms with van der Waals surface area (Å²) < 4.78 is 10.5. The van der Waals surface area contributed by atoms with Crippen LogP contribution in [0.15, 0.2) is 0 Å². The van der Waals surface area contributed by atoms with Gasteiger partial charge in [0.1, 0.15) is 5.54 Å². The van der Waals surface area contributed by atoms with Gasteiger partial charge < -0.3 is 14.8 Å². The molecule has 0 amide bonds. The molecule has 0 aromatic rings. The first-order valence-corrected chi connectivity index (χ1v) is 7.75. The van der Waals surface area contributed by atoms with Gasteiger partial charge >= 0.3 is 5.97 Å². The number of likely N-dealkylation sites (tertiary alicyclic amines) is 1. The fourth-order valence-corrected chi connectivity index (χ4v) is 3.79. The minimum absolute atomic E-state index is 0.105. The van der Waals surface area contributed by atoms with Gasteiger partial charge in [-0.1, -0.05) is 6.92 Å². The van der Waals surface area contributed by atoms with Crippen LogP contribution in [0.2, 0.25) is 0 Å². The first-order valence-electron chi connectivity index (χ1n) is 7.75. The van der Waals surface area contributed by atoms with Gasteiger partial charge in [0.25, 0.3) is 0 Å². The van der Waals surface area contributed by atoms with Gasteiger partial charge in [0.2, 0.25) is 0 Å². The van der Waals surface area contributed by atoms with E-state index in [1.54, 1.807) is 7.11 Å². The van der Waals surface area contributed by atoms with Crippen LogP contribution >= 0.6 is 0 Å². The maximum Gasteiger partial charge on any atom is 0.326 e. The third-order valence-corrected chi connectivity index (χ3v) is 4.84. The zero-order chi connectivity index (χ0) is 14.6. The van der Waals surface area contributed by atoms with Gasteiger partial charge in [-0.25, -0.2) is 0 Å². The molecule has 20 heavy (non-hydrogen) atoms. The second-order valence-electron chi connectivity index (χ2n) is 6.00. The number of nitrogens with one attached hydrogen (secondary N) is 1. The highest BCUT2D eigenvalue weighted by Gasteiger charge is 2.45. The second-order valence-corrected chi connectivity index (χ2v) is 6.00. The van der Waals surface area contributed by atoms with Crippen molar-refractivity contribution < 1.29 is 14.3 Å². The van der Waals surface area contributed by atoms with Crippen LogP contribution < -0.4 is 5.32 Å². The molecule has 0 radical (unpaired) electrons. The Balaban J connectivity index is 2.04. The highest BCUT2D eigenvalue weighted by atomic mass is 16.5. The van der Waals surface area contributed by atoms with Crippen LogP contribution in [0.4, 0.5) is 0 Å². The van der Waals surface area contributed by atoms with Crippen molar-refractivity contribution in [1.82, 2.24) is 10.2 Å². The lowest BCUT2D eigenvalue weighted by atomic mass is 9.78. The number of likely N-dealkylation sites (N-methyl/N-ethyl adjacent to an activating group) is 1. The maximum absolute atomic E-state index is 12.2. The molecule has 3 unspecified atom stereocenters. The van der Waals surface area contributed by atoms with E-state index in [1.165, 1.54) is 13.5 Å². The monoisotopic (exact) mass is 284 g/mol. The summed E-state index contributed by atoms with van der Waals surface area (Å²) in [7, 11) is 3.27. The molecule has 0 aromatic carbocycles. The van der Waals surface area contributed by atoms with Crippen molar-refractivity contribution in [2.75, 3.05) is 33.9 Å². The van der Waals surface area contributed by atoms with Crippen molar-refractivity contribution in [2.24, 2.45) is 0 Å². The smallest absolute Gasteiger partial charge is 0.326 e. The lowest BCUT2D eigenvalue weighted by molar-refractivity contribution is -0.151. The Morgan fingerprint density at radius 2 is 2.20 bits per heavy atom. The van der Waals surface area contributed by atoms with E-state index in [2.05, 4.69) is 10.2 Å². The minimum atomic E-state index is -0.489. The van der Waals surface area contributed by atoms with Crippen molar-refractivity contribution in [3.05, 3.63) is 0 Å². The Morgan fingerprint density at radius 1 is 1.40 bits per heavy atom. The number of ether oxygens (including phenoxy) is 2. The van der Waals surface area contributed by atoms with Crippen LogP contribution in [0.3, 0.4) is 0 Å². The van der Waals surface area contributed by atoms with Gasteiger partial charge in [-0.2, -0.15) is 0 Å². The number of hydrogen-bond acceptors (Lipinski definition) is 5. The SMILES string of the molecule is CCNC1(C(=O)OC)CCCC(N2CCC(OC)C2)C1. The number of carbonyl (C=O) groups is 1. The molecule has 2 fully saturated rings. The standard InChI is InChI=1S/C15H28N2O3/c1-4-16-15(14(18)20-3)8-5-6-12(10-15)17-9-7-13(11-17)19-2/h12-13,16H,4-11H2,1-3H3. The summed E-state index contributed by atoms with van der Waals surface area (Å²) >= 11 is 0. The number of carbonyl (C=O) groups excluding carboxylic acids is 1. The predicted molar refractivity (Wildman–Crippen MR) is 77.7 cm³/mol. The Bertz CT molecular complexity index is 333. The normalized spacial score (nSPS) is 35.1. The van der Waals surface area contributed by atoms with Gasteiger partial charge in [-0.05, 0) is 38.6 Å². The molecule has 0 bridgehead atoms. The zero-order valence-corrected chi connectivity index (χ0v) is 13.0. The molecule has 5 nitrogen and oxygen atoms in total. The average molecular weight is 284 g/mol. The zero-order valence-electron chi connectivity index (χ0n) is 13.0. The molecule has 1 aliphatic carbocycles. The molecule has 2 aliphatic rings. The number of nitrogens with zero attached hydrogens (tertiary/aromatic N) is 1. The van der Waals surface area contributed by atoms with Crippen molar-refractivity contribution in [3.8, 4) is 0 Å². The van der Waals surface area contributed by atoms with E-state index in [-0.39, 0.29) is 5.97 Å². The van der Waals surface area contributed by atoms with Crippen LogP contribution in [-0.2, 0) is 14.3 Å². The van der Waals surface area contributed by atoms with E-state index < -0.39 is 5.54 Å². The topological polar surface area (TPSA) is 50.8 Å². The summed E-state index contributed by atoms with van der Waals surface area (Å²) in [6.45, 7) is 4.91. The van der Waals surface area contributed by atoms with Gasteiger partial charge in [-0.3, -0.25) is 9.69 Å². The fourth-order valence-electron chi connectivity index (χ4n) is 3.79. The van der Waals surface area contributed by atoms with E-state index >= 15 is 0 Å². The van der Waals surface area contributed by atoms with Crippen molar-refractivity contribution in [3.63, 3.8) is 0 Å². The molecule has 1 N–H and O–H groups in total. The summed E-state index contributed by atoms with van der Waals surface area (Å²) in [6, 6.07) is 0.460. The Hall–Kier alpha value is -0.650. The van der Waals surface area contributed by atoms with Gasteiger partial charge in [-0.15, -0.1) is 0 Å². The largest absolute Gasteiger partial charge is 0.468 e. The molecular formula is C15H28N2O3. The highest BCUT2D eigenvalue weighted by Crippen LogP contribution is 2.34. The van der Waals surface area contributed by atoms with Gasteiger partial charge in [0.15, 0.2) is 0 Å². The maximum atomic E-state index is 12.2. The van der Waals surface area contributed by atoms with Crippen LogP contribution in [0.25, 0.3) is 0 Å². The molecule has 2 rings (SSSR count). The summed E-state index contributed by atoms with van der Waals surface area (Å²) in [5.74, 6) is -0.105. The molecule has 1 aliphatic heterocycles. The first kappa shape index (κ1) is 15.7. The van der Waals surface area contributed by atoms with Crippen LogP contribution in [0.1, 0.15) is 39.0 Å². The predicted octanol–water partition coefficient (Wildman–Crippen LogP) is 1.17. The molecule has 3 atom stereocenters. The van der Waals surface area contributed by atoms with E-state index in [4.69, 9.17) is 9.47 Å². The molecular weight excluding hydrogens is 256 g/mol. The summed E-state index contributed by atoms with van der Waals surface area (Å²) in [5, 5.41) is 3.39. The number of hydrogen-bond donors (Lipinski definition) is 1. The lowest BCUT2D eigenvalue weighted by Gasteiger charge is -2.42. The Labute approximate surface area is 122 Å². The van der Waals surface area contributed by atoms with Crippen molar-refractivity contribution in [2.45, 2.75) is 56.7 Å². The van der Waals surface area contributed by atoms with Crippen LogP contribution in [0, 0.1) is 0 Å². The van der Waals surface area contributed by atoms with E-state index in [9.17, 15) is 4.79 Å². The number of esters is 1. The van der Waals surface area contributed by atoms with E-state index in [1.807, 2.05) is 6.92 Å². The van der Waals surface area contributed by atoms with Crippen LogP contribution in [-0.4, -0.2) is 62.4 Å². The Morgan fingerprint density at radius 3 is 2.80 bits per heavy atom. The van der Waals surface area contributed by atoms with E-state index in [0.717, 1.165) is 45.3 Å².